The maximum absolute atomic E-state index is 11.4. The maximum atomic E-state index is 11.4. The number of ketones is 1. The minimum absolute atomic E-state index is 0.0400. The number of hydrogen-bond acceptors (Lipinski definition) is 4. The number of rotatable bonds is 4. The summed E-state index contributed by atoms with van der Waals surface area (Å²) in [6.07, 6.45) is 0.314. The predicted octanol–water partition coefficient (Wildman–Crippen LogP) is 1.53. The fourth-order valence-corrected chi connectivity index (χ4v) is 1.89. The zero-order chi connectivity index (χ0) is 12.3. The van der Waals surface area contributed by atoms with E-state index in [0.29, 0.717) is 12.0 Å². The Morgan fingerprint density at radius 3 is 2.50 bits per heavy atom. The number of carbonyl (C=O) groups excluding carboxylic acids is 1. The molecule has 0 spiro atoms. The Balaban J connectivity index is 3.33. The minimum atomic E-state index is -4.33. The van der Waals surface area contributed by atoms with Crippen molar-refractivity contribution in [1.82, 2.24) is 0 Å². The number of carbonyl (C=O) groups is 1. The summed E-state index contributed by atoms with van der Waals surface area (Å²) in [5.74, 6) is -0.165. The molecule has 6 heteroatoms. The molecule has 0 radical (unpaired) electrons. The second-order valence-corrected chi connectivity index (χ2v) is 4.51. The van der Waals surface area contributed by atoms with Gasteiger partial charge in [0.05, 0.1) is 7.11 Å². The molecule has 0 aromatic heterocycles. The molecule has 0 aliphatic heterocycles. The van der Waals surface area contributed by atoms with E-state index in [-0.39, 0.29) is 16.4 Å². The highest BCUT2D eigenvalue weighted by molar-refractivity contribution is 7.86. The summed E-state index contributed by atoms with van der Waals surface area (Å²) >= 11 is 0. The lowest BCUT2D eigenvalue weighted by Gasteiger charge is -2.07. The van der Waals surface area contributed by atoms with Gasteiger partial charge in [0.15, 0.2) is 5.78 Å². The zero-order valence-corrected chi connectivity index (χ0v) is 9.74. The van der Waals surface area contributed by atoms with Crippen LogP contribution < -0.4 is 4.74 Å². The molecule has 0 fully saturated rings. The van der Waals surface area contributed by atoms with Crippen molar-refractivity contribution in [2.75, 3.05) is 7.11 Å². The zero-order valence-electron chi connectivity index (χ0n) is 8.93. The topological polar surface area (TPSA) is 80.7 Å². The van der Waals surface area contributed by atoms with Crippen molar-refractivity contribution >= 4 is 15.9 Å². The molecule has 16 heavy (non-hydrogen) atoms. The molecule has 1 N–H and O–H groups in total. The van der Waals surface area contributed by atoms with Gasteiger partial charge in [0.25, 0.3) is 10.1 Å². The van der Waals surface area contributed by atoms with E-state index in [1.807, 2.05) is 0 Å². The Kier molecular flexibility index (Phi) is 3.66. The number of methoxy groups -OCH3 is 1. The molecule has 0 aliphatic rings. The van der Waals surface area contributed by atoms with Crippen molar-refractivity contribution in [1.29, 1.82) is 0 Å². The van der Waals surface area contributed by atoms with Gasteiger partial charge in [0, 0.05) is 12.0 Å². The second kappa shape index (κ2) is 4.63. The van der Waals surface area contributed by atoms with Crippen molar-refractivity contribution in [2.24, 2.45) is 0 Å². The van der Waals surface area contributed by atoms with Crippen molar-refractivity contribution in [3.63, 3.8) is 0 Å². The normalized spacial score (nSPS) is 11.2. The Bertz CT molecular complexity index is 504. The van der Waals surface area contributed by atoms with E-state index in [0.717, 1.165) is 6.07 Å². The average molecular weight is 244 g/mol. The first-order valence-corrected chi connectivity index (χ1v) is 6.03. The van der Waals surface area contributed by atoms with Crippen LogP contribution >= 0.6 is 0 Å². The van der Waals surface area contributed by atoms with Crippen molar-refractivity contribution in [2.45, 2.75) is 18.2 Å². The predicted molar refractivity (Wildman–Crippen MR) is 57.4 cm³/mol. The van der Waals surface area contributed by atoms with E-state index >= 15 is 0 Å². The highest BCUT2D eigenvalue weighted by Crippen LogP contribution is 2.25. The average Bonchev–Trinajstić information content (AvgIpc) is 2.25. The molecule has 88 valence electrons. The lowest BCUT2D eigenvalue weighted by atomic mass is 10.1. The molecular formula is C10H12O5S. The van der Waals surface area contributed by atoms with Crippen LogP contribution in [0.2, 0.25) is 0 Å². The summed E-state index contributed by atoms with van der Waals surface area (Å²) in [6, 6.07) is 3.80. The summed E-state index contributed by atoms with van der Waals surface area (Å²) in [5, 5.41) is 0. The molecule has 0 saturated carbocycles. The molecule has 0 bridgehead atoms. The fraction of sp³-hybridized carbons (Fsp3) is 0.300. The van der Waals surface area contributed by atoms with Gasteiger partial charge in [-0.05, 0) is 18.2 Å². The molecule has 0 amide bonds. The number of benzene rings is 1. The number of hydrogen-bond donors (Lipinski definition) is 1. The van der Waals surface area contributed by atoms with Crippen LogP contribution in [0.25, 0.3) is 0 Å². The van der Waals surface area contributed by atoms with Gasteiger partial charge >= 0.3 is 0 Å². The lowest BCUT2D eigenvalue weighted by molar-refractivity contribution is 0.0987. The van der Waals surface area contributed by atoms with E-state index in [4.69, 9.17) is 9.29 Å². The number of Topliss-reactive ketones (excluding diaryl/α,β-unsaturated/α-hetero) is 1. The summed E-state index contributed by atoms with van der Waals surface area (Å²) in [5.41, 5.74) is 0.353. The van der Waals surface area contributed by atoms with Crippen LogP contribution in [-0.4, -0.2) is 25.9 Å². The summed E-state index contributed by atoms with van der Waals surface area (Å²) in [7, 11) is -3.06. The molecule has 1 aromatic rings. The smallest absolute Gasteiger partial charge is 0.298 e. The molecule has 0 aliphatic carbocycles. The Morgan fingerprint density at radius 2 is 2.06 bits per heavy atom. The van der Waals surface area contributed by atoms with Crippen LogP contribution in [0, 0.1) is 0 Å². The van der Waals surface area contributed by atoms with Crippen molar-refractivity contribution in [3.8, 4) is 5.75 Å². The van der Waals surface area contributed by atoms with Crippen LogP contribution in [0.5, 0.6) is 5.75 Å². The Morgan fingerprint density at radius 1 is 1.44 bits per heavy atom. The van der Waals surface area contributed by atoms with Crippen LogP contribution in [-0.2, 0) is 10.1 Å². The molecule has 5 nitrogen and oxygen atoms in total. The van der Waals surface area contributed by atoms with Crippen LogP contribution in [0.1, 0.15) is 23.7 Å². The molecule has 0 atom stereocenters. The van der Waals surface area contributed by atoms with E-state index in [9.17, 15) is 13.2 Å². The minimum Gasteiger partial charge on any atom is -0.495 e. The first-order valence-electron chi connectivity index (χ1n) is 4.59. The Labute approximate surface area is 93.8 Å². The van der Waals surface area contributed by atoms with Gasteiger partial charge in [0.1, 0.15) is 10.6 Å². The summed E-state index contributed by atoms with van der Waals surface area (Å²) < 4.78 is 35.6. The second-order valence-electron chi connectivity index (χ2n) is 3.12. The maximum Gasteiger partial charge on any atom is 0.298 e. The summed E-state index contributed by atoms with van der Waals surface area (Å²) in [4.78, 5) is 11.0. The fourth-order valence-electron chi connectivity index (χ4n) is 1.26. The summed E-state index contributed by atoms with van der Waals surface area (Å²) in [6.45, 7) is 1.70. The molecule has 0 unspecified atom stereocenters. The van der Waals surface area contributed by atoms with E-state index in [2.05, 4.69) is 0 Å². The molecule has 0 heterocycles. The quantitative estimate of drug-likeness (QED) is 0.641. The first-order chi connectivity index (χ1) is 7.40. The standard InChI is InChI=1S/C10H12O5S/c1-3-8(11)7-4-5-10(16(12,13)14)9(6-7)15-2/h4-6H,3H2,1-2H3,(H,12,13,14). The monoisotopic (exact) mass is 244 g/mol. The van der Waals surface area contributed by atoms with Crippen molar-refractivity contribution < 1.29 is 22.5 Å². The number of ether oxygens (including phenoxy) is 1. The Hall–Kier alpha value is -1.40. The van der Waals surface area contributed by atoms with Gasteiger partial charge in [-0.25, -0.2) is 0 Å². The van der Waals surface area contributed by atoms with Crippen LogP contribution in [0.3, 0.4) is 0 Å². The SMILES string of the molecule is CCC(=O)c1ccc(S(=O)(=O)O)c(OC)c1. The van der Waals surface area contributed by atoms with E-state index < -0.39 is 10.1 Å². The van der Waals surface area contributed by atoms with Gasteiger partial charge in [-0.3, -0.25) is 9.35 Å². The lowest BCUT2D eigenvalue weighted by Crippen LogP contribution is -2.04. The third-order valence-electron chi connectivity index (χ3n) is 2.08. The molecule has 0 saturated heterocycles. The van der Waals surface area contributed by atoms with Crippen LogP contribution in [0.4, 0.5) is 0 Å². The molecule has 1 rings (SSSR count). The molecule has 1 aromatic carbocycles. The molecular weight excluding hydrogens is 232 g/mol. The van der Waals surface area contributed by atoms with E-state index in [1.54, 1.807) is 6.92 Å². The van der Waals surface area contributed by atoms with Gasteiger partial charge in [-0.15, -0.1) is 0 Å². The van der Waals surface area contributed by atoms with Crippen LogP contribution in [0.15, 0.2) is 23.1 Å². The first kappa shape index (κ1) is 12.7. The third-order valence-corrected chi connectivity index (χ3v) is 2.98. The van der Waals surface area contributed by atoms with E-state index in [1.165, 1.54) is 19.2 Å². The van der Waals surface area contributed by atoms with Crippen molar-refractivity contribution in [3.05, 3.63) is 23.8 Å². The van der Waals surface area contributed by atoms with Gasteiger partial charge in [-0.2, -0.15) is 8.42 Å². The van der Waals surface area contributed by atoms with Gasteiger partial charge in [0.2, 0.25) is 0 Å². The highest BCUT2D eigenvalue weighted by Gasteiger charge is 2.17. The van der Waals surface area contributed by atoms with Gasteiger partial charge < -0.3 is 4.74 Å². The third kappa shape index (κ3) is 2.59. The largest absolute Gasteiger partial charge is 0.495 e. The highest BCUT2D eigenvalue weighted by atomic mass is 32.2. The van der Waals surface area contributed by atoms with Gasteiger partial charge in [-0.1, -0.05) is 6.92 Å².